The standard InChI is InChI=1S/C12H23NO.C11H21NO.C2H3I3/c1-11(14)3-5-12(6-4-11)7-9-13(2)10-8-12;1-12-8-6-11(7-9-12)4-2-10(13)3-5-11;1-2(3,4)5/h14H,3-10H2,1-2H3;10,13H,2-9H2,1H3;1H3. The number of piperidine rings is 2. The van der Waals surface area contributed by atoms with Gasteiger partial charge in [0, 0.05) is 0 Å². The highest BCUT2D eigenvalue weighted by Gasteiger charge is 2.40. The number of rotatable bonds is 0. The van der Waals surface area contributed by atoms with E-state index in [9.17, 15) is 10.2 Å². The molecule has 190 valence electrons. The van der Waals surface area contributed by atoms with Crippen molar-refractivity contribution in [2.75, 3.05) is 40.3 Å². The Morgan fingerprint density at radius 2 is 1.00 bits per heavy atom. The van der Waals surface area contributed by atoms with Crippen LogP contribution in [0.3, 0.4) is 0 Å². The summed E-state index contributed by atoms with van der Waals surface area (Å²) in [6.07, 6.45) is 14.5. The molecule has 0 aromatic rings. The van der Waals surface area contributed by atoms with Crippen molar-refractivity contribution >= 4 is 67.8 Å². The largest absolute Gasteiger partial charge is 0.393 e. The average Bonchev–Trinajstić information content (AvgIpc) is 2.71. The lowest BCUT2D eigenvalue weighted by atomic mass is 9.64. The highest BCUT2D eigenvalue weighted by Crippen LogP contribution is 2.47. The van der Waals surface area contributed by atoms with Crippen LogP contribution in [0.1, 0.15) is 90.9 Å². The predicted molar refractivity (Wildman–Crippen MR) is 162 cm³/mol. The van der Waals surface area contributed by atoms with Gasteiger partial charge in [-0.15, -0.1) is 0 Å². The van der Waals surface area contributed by atoms with E-state index in [2.05, 4.69) is 98.6 Å². The SMILES string of the molecule is CC(I)(I)I.CN1CCC2(CC1)CCC(C)(O)CC2.CN1CCC2(CCC(O)CC2)CC1. The molecule has 2 N–H and O–H groups in total. The van der Waals surface area contributed by atoms with Crippen LogP contribution in [0.25, 0.3) is 0 Å². The maximum absolute atomic E-state index is 9.93. The summed E-state index contributed by atoms with van der Waals surface area (Å²) >= 11 is 7.05. The summed E-state index contributed by atoms with van der Waals surface area (Å²) in [7, 11) is 4.43. The van der Waals surface area contributed by atoms with Crippen LogP contribution in [0.15, 0.2) is 0 Å². The Morgan fingerprint density at radius 3 is 1.34 bits per heavy atom. The van der Waals surface area contributed by atoms with Gasteiger partial charge in [0.05, 0.1) is 11.7 Å². The summed E-state index contributed by atoms with van der Waals surface area (Å²) < 4.78 is 0.410. The Morgan fingerprint density at radius 1 is 0.688 bits per heavy atom. The first kappa shape index (κ1) is 30.3. The fraction of sp³-hybridized carbons (Fsp3) is 1.00. The van der Waals surface area contributed by atoms with E-state index >= 15 is 0 Å². The van der Waals surface area contributed by atoms with E-state index in [1.54, 1.807) is 0 Å². The molecule has 2 aliphatic heterocycles. The highest BCUT2D eigenvalue weighted by atomic mass is 127. The summed E-state index contributed by atoms with van der Waals surface area (Å²) in [5.74, 6) is 0. The van der Waals surface area contributed by atoms with E-state index in [4.69, 9.17) is 0 Å². The molecule has 2 heterocycles. The Balaban J connectivity index is 0.000000189. The van der Waals surface area contributed by atoms with E-state index in [1.165, 1.54) is 77.5 Å². The number of hydrogen-bond acceptors (Lipinski definition) is 4. The van der Waals surface area contributed by atoms with Crippen LogP contribution < -0.4 is 0 Å². The molecule has 2 spiro atoms. The van der Waals surface area contributed by atoms with Gasteiger partial charge in [-0.1, -0.05) is 67.8 Å². The van der Waals surface area contributed by atoms with Crippen molar-refractivity contribution in [2.45, 2.75) is 102 Å². The second-order valence-electron chi connectivity index (χ2n) is 11.6. The van der Waals surface area contributed by atoms with Crippen LogP contribution in [-0.4, -0.2) is 71.4 Å². The molecule has 4 rings (SSSR count). The van der Waals surface area contributed by atoms with Crippen molar-refractivity contribution in [3.8, 4) is 0 Å². The number of hydrogen-bond donors (Lipinski definition) is 2. The molecule has 2 saturated heterocycles. The Hall–Kier alpha value is 2.03. The Labute approximate surface area is 238 Å². The van der Waals surface area contributed by atoms with Gasteiger partial charge in [0.15, 0.2) is 0 Å². The van der Waals surface area contributed by atoms with Crippen LogP contribution in [0.4, 0.5) is 0 Å². The van der Waals surface area contributed by atoms with E-state index < -0.39 is 0 Å². The van der Waals surface area contributed by atoms with E-state index in [0.29, 0.717) is 10.3 Å². The number of alkyl halides is 3. The average molecular weight is 788 g/mol. The first-order valence-corrected chi connectivity index (χ1v) is 15.8. The molecule has 0 unspecified atom stereocenters. The Bertz CT molecular complexity index is 502. The number of halogens is 3. The molecule has 0 aromatic heterocycles. The normalized spacial score (nSPS) is 28.4. The van der Waals surface area contributed by atoms with E-state index in [1.807, 2.05) is 6.92 Å². The van der Waals surface area contributed by atoms with Crippen LogP contribution in [-0.2, 0) is 0 Å². The minimum absolute atomic E-state index is 0.00489. The predicted octanol–water partition coefficient (Wildman–Crippen LogP) is 6.62. The number of aliphatic hydroxyl groups excluding tert-OH is 1. The summed E-state index contributed by atoms with van der Waals surface area (Å²) in [5, 5.41) is 19.4. The fourth-order valence-electron chi connectivity index (χ4n) is 5.72. The minimum atomic E-state index is -0.366. The topological polar surface area (TPSA) is 46.9 Å². The third-order valence-electron chi connectivity index (χ3n) is 8.50. The van der Waals surface area contributed by atoms with Gasteiger partial charge in [-0.2, -0.15) is 0 Å². The zero-order valence-electron chi connectivity index (χ0n) is 20.8. The zero-order valence-corrected chi connectivity index (χ0v) is 27.3. The number of nitrogens with zero attached hydrogens (tertiary/aromatic N) is 2. The van der Waals surface area contributed by atoms with Gasteiger partial charge in [-0.25, -0.2) is 0 Å². The molecule has 4 nitrogen and oxygen atoms in total. The third kappa shape index (κ3) is 11.4. The first-order chi connectivity index (χ1) is 14.7. The van der Waals surface area contributed by atoms with Crippen molar-refractivity contribution in [3.63, 3.8) is 0 Å². The third-order valence-corrected chi connectivity index (χ3v) is 8.50. The van der Waals surface area contributed by atoms with Crippen molar-refractivity contribution in [3.05, 3.63) is 0 Å². The number of likely N-dealkylation sites (tertiary alicyclic amines) is 2. The molecule has 4 aliphatic rings. The fourth-order valence-corrected chi connectivity index (χ4v) is 5.72. The summed E-state index contributed by atoms with van der Waals surface area (Å²) in [5.41, 5.74) is 0.842. The van der Waals surface area contributed by atoms with Gasteiger partial charge in [-0.3, -0.25) is 0 Å². The zero-order chi connectivity index (χ0) is 24.0. The van der Waals surface area contributed by atoms with Crippen molar-refractivity contribution in [2.24, 2.45) is 10.8 Å². The molecule has 7 heteroatoms. The van der Waals surface area contributed by atoms with E-state index in [0.717, 1.165) is 25.7 Å². The maximum Gasteiger partial charge on any atom is 0.121 e. The molecule has 0 bridgehead atoms. The lowest BCUT2D eigenvalue weighted by Gasteiger charge is -2.47. The minimum Gasteiger partial charge on any atom is -0.393 e. The van der Waals surface area contributed by atoms with Gasteiger partial charge in [0.1, 0.15) is -0.565 Å². The van der Waals surface area contributed by atoms with Crippen LogP contribution >= 0.6 is 67.8 Å². The van der Waals surface area contributed by atoms with Gasteiger partial charge in [0.2, 0.25) is 0 Å². The van der Waals surface area contributed by atoms with Crippen LogP contribution in [0.2, 0.25) is 0 Å². The lowest BCUT2D eigenvalue weighted by Crippen LogP contribution is -2.43. The molecular formula is C25H47I3N2O2. The van der Waals surface area contributed by atoms with E-state index in [-0.39, 0.29) is 11.7 Å². The molecular weight excluding hydrogens is 741 g/mol. The summed E-state index contributed by atoms with van der Waals surface area (Å²) in [6.45, 7) is 9.17. The monoisotopic (exact) mass is 788 g/mol. The summed E-state index contributed by atoms with van der Waals surface area (Å²) in [6, 6.07) is 0. The quantitative estimate of drug-likeness (QED) is 0.214. The second kappa shape index (κ2) is 13.0. The second-order valence-corrected chi connectivity index (χ2v) is 24.3. The number of aliphatic hydroxyl groups is 2. The van der Waals surface area contributed by atoms with Crippen LogP contribution in [0.5, 0.6) is 0 Å². The lowest BCUT2D eigenvalue weighted by molar-refractivity contribution is -0.0376. The molecule has 32 heavy (non-hydrogen) atoms. The Kier molecular flexibility index (Phi) is 12.3. The van der Waals surface area contributed by atoms with Gasteiger partial charge in [-0.05, 0) is 142 Å². The molecule has 2 aliphatic carbocycles. The highest BCUT2D eigenvalue weighted by molar-refractivity contribution is 14.3. The smallest absolute Gasteiger partial charge is 0.121 e. The van der Waals surface area contributed by atoms with Gasteiger partial charge in [0.25, 0.3) is 0 Å². The van der Waals surface area contributed by atoms with Gasteiger partial charge >= 0.3 is 0 Å². The molecule has 2 saturated carbocycles. The molecule has 0 aromatic carbocycles. The van der Waals surface area contributed by atoms with Crippen molar-refractivity contribution in [1.82, 2.24) is 9.80 Å². The first-order valence-electron chi connectivity index (χ1n) is 12.6. The molecule has 0 amide bonds. The van der Waals surface area contributed by atoms with Crippen molar-refractivity contribution in [1.29, 1.82) is 0 Å². The maximum atomic E-state index is 9.93. The van der Waals surface area contributed by atoms with Gasteiger partial charge < -0.3 is 20.0 Å². The molecule has 0 atom stereocenters. The van der Waals surface area contributed by atoms with Crippen LogP contribution in [0, 0.1) is 10.8 Å². The molecule has 4 fully saturated rings. The summed E-state index contributed by atoms with van der Waals surface area (Å²) in [4.78, 5) is 4.86. The molecule has 0 radical (unpaired) electrons. The van der Waals surface area contributed by atoms with Crippen molar-refractivity contribution < 1.29 is 10.2 Å².